The van der Waals surface area contributed by atoms with Crippen LogP contribution >= 0.6 is 0 Å². The van der Waals surface area contributed by atoms with E-state index in [4.69, 9.17) is 10.5 Å². The largest absolute Gasteiger partial charge is 0.397 e. The van der Waals surface area contributed by atoms with Crippen LogP contribution in [0.5, 0.6) is 0 Å². The van der Waals surface area contributed by atoms with Crippen LogP contribution in [0, 0.1) is 6.92 Å². The van der Waals surface area contributed by atoms with Gasteiger partial charge in [-0.2, -0.15) is 0 Å². The number of rotatable bonds is 3. The van der Waals surface area contributed by atoms with Gasteiger partial charge in [-0.15, -0.1) is 0 Å². The van der Waals surface area contributed by atoms with Crippen molar-refractivity contribution < 1.29 is 4.74 Å². The summed E-state index contributed by atoms with van der Waals surface area (Å²) >= 11 is 0. The van der Waals surface area contributed by atoms with Crippen LogP contribution in [0.15, 0.2) is 12.3 Å². The molecule has 0 aromatic carbocycles. The number of aromatic nitrogens is 1. The maximum Gasteiger partial charge on any atom is 0.126 e. The number of anilines is 2. The standard InChI is InChI=1S/C12H19N3O/c1-8-6-12(14-7-10(8)13)15-9(2)11-4-3-5-16-11/h6-7,9,11H,3-5,13H2,1-2H3,(H,14,15). The maximum absolute atomic E-state index is 5.73. The molecule has 2 unspecified atom stereocenters. The summed E-state index contributed by atoms with van der Waals surface area (Å²) in [5, 5.41) is 3.36. The summed E-state index contributed by atoms with van der Waals surface area (Å²) in [6.45, 7) is 4.99. The van der Waals surface area contributed by atoms with E-state index in [2.05, 4.69) is 17.2 Å². The molecule has 0 amide bonds. The molecule has 0 radical (unpaired) electrons. The van der Waals surface area contributed by atoms with Crippen molar-refractivity contribution in [2.75, 3.05) is 17.7 Å². The molecule has 3 N–H and O–H groups in total. The van der Waals surface area contributed by atoms with Crippen LogP contribution < -0.4 is 11.1 Å². The molecule has 2 rings (SSSR count). The van der Waals surface area contributed by atoms with Crippen molar-refractivity contribution in [2.45, 2.75) is 38.8 Å². The number of hydrogen-bond donors (Lipinski definition) is 2. The van der Waals surface area contributed by atoms with E-state index in [1.165, 1.54) is 0 Å². The molecule has 1 aliphatic heterocycles. The van der Waals surface area contributed by atoms with Gasteiger partial charge in [-0.05, 0) is 38.3 Å². The third kappa shape index (κ3) is 2.44. The lowest BCUT2D eigenvalue weighted by atomic mass is 10.1. The molecule has 0 saturated carbocycles. The number of ether oxygens (including phenoxy) is 1. The third-order valence-corrected chi connectivity index (χ3v) is 3.05. The van der Waals surface area contributed by atoms with Gasteiger partial charge >= 0.3 is 0 Å². The Hall–Kier alpha value is -1.29. The monoisotopic (exact) mass is 221 g/mol. The SMILES string of the molecule is Cc1cc(NC(C)C2CCCO2)ncc1N. The van der Waals surface area contributed by atoms with E-state index in [1.807, 2.05) is 13.0 Å². The van der Waals surface area contributed by atoms with Crippen LogP contribution in [-0.2, 0) is 4.74 Å². The quantitative estimate of drug-likeness (QED) is 0.819. The fourth-order valence-corrected chi connectivity index (χ4v) is 1.97. The lowest BCUT2D eigenvalue weighted by molar-refractivity contribution is 0.0995. The number of nitrogens with two attached hydrogens (primary N) is 1. The van der Waals surface area contributed by atoms with Gasteiger partial charge in [0.25, 0.3) is 0 Å². The molecule has 1 aromatic rings. The molecular formula is C12H19N3O. The fourth-order valence-electron chi connectivity index (χ4n) is 1.97. The van der Waals surface area contributed by atoms with Gasteiger partial charge in [-0.3, -0.25) is 0 Å². The molecule has 0 bridgehead atoms. The number of pyridine rings is 1. The first-order valence-corrected chi connectivity index (χ1v) is 5.77. The van der Waals surface area contributed by atoms with Crippen LogP contribution in [0.4, 0.5) is 11.5 Å². The minimum absolute atomic E-state index is 0.290. The van der Waals surface area contributed by atoms with Crippen molar-refractivity contribution in [1.82, 2.24) is 4.98 Å². The van der Waals surface area contributed by atoms with Gasteiger partial charge in [0, 0.05) is 6.61 Å². The first-order valence-electron chi connectivity index (χ1n) is 5.77. The molecule has 2 atom stereocenters. The highest BCUT2D eigenvalue weighted by Crippen LogP contribution is 2.19. The third-order valence-electron chi connectivity index (χ3n) is 3.05. The van der Waals surface area contributed by atoms with Gasteiger partial charge in [0.1, 0.15) is 5.82 Å². The molecular weight excluding hydrogens is 202 g/mol. The van der Waals surface area contributed by atoms with E-state index in [1.54, 1.807) is 6.20 Å². The lowest BCUT2D eigenvalue weighted by Crippen LogP contribution is -2.30. The van der Waals surface area contributed by atoms with Crippen molar-refractivity contribution in [3.05, 3.63) is 17.8 Å². The van der Waals surface area contributed by atoms with Gasteiger partial charge in [-0.25, -0.2) is 4.98 Å². The van der Waals surface area contributed by atoms with Crippen LogP contribution in [0.3, 0.4) is 0 Å². The number of aryl methyl sites for hydroxylation is 1. The number of nitrogens with one attached hydrogen (secondary N) is 1. The molecule has 2 heterocycles. The highest BCUT2D eigenvalue weighted by Gasteiger charge is 2.22. The van der Waals surface area contributed by atoms with Crippen molar-refractivity contribution in [2.24, 2.45) is 0 Å². The average molecular weight is 221 g/mol. The zero-order chi connectivity index (χ0) is 11.5. The predicted molar refractivity (Wildman–Crippen MR) is 65.4 cm³/mol. The Morgan fingerprint density at radius 3 is 3.06 bits per heavy atom. The fraction of sp³-hybridized carbons (Fsp3) is 0.583. The van der Waals surface area contributed by atoms with Crippen molar-refractivity contribution in [1.29, 1.82) is 0 Å². The van der Waals surface area contributed by atoms with Gasteiger partial charge in [0.15, 0.2) is 0 Å². The number of nitrogens with zero attached hydrogens (tertiary/aromatic N) is 1. The summed E-state index contributed by atoms with van der Waals surface area (Å²) in [6.07, 6.45) is 4.28. The molecule has 0 spiro atoms. The Balaban J connectivity index is 1.99. The Bertz CT molecular complexity index is 361. The highest BCUT2D eigenvalue weighted by molar-refractivity contribution is 5.51. The molecule has 0 aliphatic carbocycles. The summed E-state index contributed by atoms with van der Waals surface area (Å²) in [6, 6.07) is 2.26. The molecule has 16 heavy (non-hydrogen) atoms. The zero-order valence-electron chi connectivity index (χ0n) is 9.86. The summed E-state index contributed by atoms with van der Waals surface area (Å²) < 4.78 is 5.63. The predicted octanol–water partition coefficient (Wildman–Crippen LogP) is 1.95. The van der Waals surface area contributed by atoms with Gasteiger partial charge in [0.05, 0.1) is 24.0 Å². The second-order valence-corrected chi connectivity index (χ2v) is 4.41. The van der Waals surface area contributed by atoms with E-state index < -0.39 is 0 Å². The second kappa shape index (κ2) is 4.70. The van der Waals surface area contributed by atoms with E-state index in [9.17, 15) is 0 Å². The Kier molecular flexibility index (Phi) is 3.29. The lowest BCUT2D eigenvalue weighted by Gasteiger charge is -2.20. The first kappa shape index (κ1) is 11.2. The molecule has 1 aliphatic rings. The highest BCUT2D eigenvalue weighted by atomic mass is 16.5. The van der Waals surface area contributed by atoms with Gasteiger partial charge in [-0.1, -0.05) is 0 Å². The number of hydrogen-bond acceptors (Lipinski definition) is 4. The van der Waals surface area contributed by atoms with Gasteiger partial charge in [0.2, 0.25) is 0 Å². The Labute approximate surface area is 96.2 Å². The van der Waals surface area contributed by atoms with Gasteiger partial charge < -0.3 is 15.8 Å². The molecule has 88 valence electrons. The topological polar surface area (TPSA) is 60.2 Å². The molecule has 4 heteroatoms. The van der Waals surface area contributed by atoms with E-state index >= 15 is 0 Å². The van der Waals surface area contributed by atoms with E-state index in [0.717, 1.165) is 36.5 Å². The molecule has 1 aromatic heterocycles. The molecule has 4 nitrogen and oxygen atoms in total. The first-order chi connectivity index (χ1) is 7.66. The Morgan fingerprint density at radius 1 is 1.62 bits per heavy atom. The second-order valence-electron chi connectivity index (χ2n) is 4.41. The Morgan fingerprint density at radius 2 is 2.44 bits per heavy atom. The summed E-state index contributed by atoms with van der Waals surface area (Å²) in [7, 11) is 0. The number of nitrogen functional groups attached to an aromatic ring is 1. The minimum atomic E-state index is 0.290. The zero-order valence-corrected chi connectivity index (χ0v) is 9.86. The average Bonchev–Trinajstić information content (AvgIpc) is 2.77. The van der Waals surface area contributed by atoms with Crippen molar-refractivity contribution in [3.8, 4) is 0 Å². The van der Waals surface area contributed by atoms with Crippen molar-refractivity contribution in [3.63, 3.8) is 0 Å². The molecule has 1 fully saturated rings. The summed E-state index contributed by atoms with van der Waals surface area (Å²) in [4.78, 5) is 4.26. The smallest absolute Gasteiger partial charge is 0.126 e. The summed E-state index contributed by atoms with van der Waals surface area (Å²) in [5.74, 6) is 0.870. The minimum Gasteiger partial charge on any atom is -0.397 e. The van der Waals surface area contributed by atoms with Crippen molar-refractivity contribution >= 4 is 11.5 Å². The van der Waals surface area contributed by atoms with E-state index in [-0.39, 0.29) is 6.04 Å². The van der Waals surface area contributed by atoms with Crippen LogP contribution in [0.1, 0.15) is 25.3 Å². The summed E-state index contributed by atoms with van der Waals surface area (Å²) in [5.41, 5.74) is 7.51. The van der Waals surface area contributed by atoms with E-state index in [0.29, 0.717) is 6.10 Å². The molecule has 1 saturated heterocycles. The van der Waals surface area contributed by atoms with Crippen LogP contribution in [-0.4, -0.2) is 23.7 Å². The van der Waals surface area contributed by atoms with Crippen LogP contribution in [0.25, 0.3) is 0 Å². The normalized spacial score (nSPS) is 22.0. The van der Waals surface area contributed by atoms with Crippen LogP contribution in [0.2, 0.25) is 0 Å². The maximum atomic E-state index is 5.73.